The molecule has 0 bridgehead atoms. The fraction of sp³-hybridized carbons (Fsp3) is 0.429. The molecule has 5 heteroatoms. The summed E-state index contributed by atoms with van der Waals surface area (Å²) in [5.41, 5.74) is 0.656. The molecule has 102 valence electrons. The molecule has 1 aromatic rings. The highest BCUT2D eigenvalue weighted by Crippen LogP contribution is 2.36. The van der Waals surface area contributed by atoms with Crippen LogP contribution in [0.25, 0.3) is 6.08 Å². The number of carbonyl (C=O) groups is 2. The first-order valence-electron chi connectivity index (χ1n) is 6.34. The molecule has 0 saturated heterocycles. The average Bonchev–Trinajstić information content (AvgIpc) is 3.12. The summed E-state index contributed by atoms with van der Waals surface area (Å²) in [4.78, 5) is 23.1. The molecule has 1 heterocycles. The van der Waals surface area contributed by atoms with Crippen LogP contribution in [-0.4, -0.2) is 23.5 Å². The summed E-state index contributed by atoms with van der Waals surface area (Å²) >= 11 is 1.33. The highest BCUT2D eigenvalue weighted by atomic mass is 32.1. The number of aliphatic carboxylic acids is 1. The fourth-order valence-corrected chi connectivity index (χ4v) is 2.76. The minimum absolute atomic E-state index is 0.118. The summed E-state index contributed by atoms with van der Waals surface area (Å²) in [5, 5.41) is 13.3. The van der Waals surface area contributed by atoms with Gasteiger partial charge in [-0.2, -0.15) is 0 Å². The zero-order chi connectivity index (χ0) is 13.8. The summed E-state index contributed by atoms with van der Waals surface area (Å²) in [6.45, 7) is 2.83. The van der Waals surface area contributed by atoms with Crippen molar-refractivity contribution in [2.75, 3.05) is 6.54 Å². The van der Waals surface area contributed by atoms with Crippen molar-refractivity contribution in [2.45, 2.75) is 19.8 Å². The number of carboxylic acid groups (broad SMARTS) is 1. The van der Waals surface area contributed by atoms with Crippen LogP contribution in [-0.2, 0) is 4.79 Å². The Labute approximate surface area is 116 Å². The van der Waals surface area contributed by atoms with Gasteiger partial charge in [0.15, 0.2) is 0 Å². The van der Waals surface area contributed by atoms with Gasteiger partial charge >= 0.3 is 5.97 Å². The van der Waals surface area contributed by atoms with Gasteiger partial charge in [0.1, 0.15) is 0 Å². The quantitative estimate of drug-likeness (QED) is 0.787. The first kappa shape index (κ1) is 13.8. The molecule has 4 nitrogen and oxygen atoms in total. The van der Waals surface area contributed by atoms with Crippen LogP contribution in [0, 0.1) is 11.8 Å². The molecule has 1 unspecified atom stereocenters. The largest absolute Gasteiger partial charge is 0.478 e. The number of carboxylic acids is 1. The van der Waals surface area contributed by atoms with Gasteiger partial charge < -0.3 is 10.4 Å². The van der Waals surface area contributed by atoms with Gasteiger partial charge in [0.25, 0.3) is 5.91 Å². The number of nitrogens with one attached hydrogen (secondary N) is 1. The molecule has 1 aliphatic rings. The van der Waals surface area contributed by atoms with Crippen LogP contribution in [0.3, 0.4) is 0 Å². The number of hydrogen-bond acceptors (Lipinski definition) is 3. The van der Waals surface area contributed by atoms with E-state index in [0.29, 0.717) is 22.9 Å². The first-order chi connectivity index (χ1) is 9.08. The summed E-state index contributed by atoms with van der Waals surface area (Å²) in [7, 11) is 0. The Balaban J connectivity index is 1.94. The molecule has 1 amide bonds. The van der Waals surface area contributed by atoms with E-state index in [-0.39, 0.29) is 5.91 Å². The Morgan fingerprint density at radius 2 is 2.32 bits per heavy atom. The van der Waals surface area contributed by atoms with Gasteiger partial charge in [0, 0.05) is 12.6 Å². The second-order valence-corrected chi connectivity index (χ2v) is 5.82. The predicted octanol–water partition coefficient (Wildman–Crippen LogP) is 2.62. The highest BCUT2D eigenvalue weighted by molar-refractivity contribution is 7.12. The van der Waals surface area contributed by atoms with Gasteiger partial charge in [-0.15, -0.1) is 11.3 Å². The fourth-order valence-electron chi connectivity index (χ4n) is 1.96. The van der Waals surface area contributed by atoms with Crippen molar-refractivity contribution in [3.63, 3.8) is 0 Å². The Morgan fingerprint density at radius 1 is 1.58 bits per heavy atom. The van der Waals surface area contributed by atoms with E-state index in [4.69, 9.17) is 5.11 Å². The minimum Gasteiger partial charge on any atom is -0.478 e. The normalized spacial score (nSPS) is 16.5. The maximum absolute atomic E-state index is 12.0. The predicted molar refractivity (Wildman–Crippen MR) is 75.2 cm³/mol. The second-order valence-electron chi connectivity index (χ2n) is 4.90. The Hall–Kier alpha value is -1.62. The van der Waals surface area contributed by atoms with Crippen molar-refractivity contribution in [1.29, 1.82) is 0 Å². The maximum Gasteiger partial charge on any atom is 0.328 e. The highest BCUT2D eigenvalue weighted by Gasteiger charge is 2.28. The minimum atomic E-state index is -1.01. The molecule has 1 aromatic heterocycles. The van der Waals surface area contributed by atoms with Crippen LogP contribution in [0.2, 0.25) is 0 Å². The summed E-state index contributed by atoms with van der Waals surface area (Å²) < 4.78 is 0. The third-order valence-electron chi connectivity index (χ3n) is 3.32. The molecule has 1 aliphatic carbocycles. The van der Waals surface area contributed by atoms with E-state index in [1.54, 1.807) is 11.4 Å². The van der Waals surface area contributed by atoms with Crippen molar-refractivity contribution < 1.29 is 14.7 Å². The molecule has 2 N–H and O–H groups in total. The SMILES string of the molecule is CC(CNC(=O)c1sccc1/C=C/C(=O)O)C1CC1. The number of amides is 1. The van der Waals surface area contributed by atoms with Crippen LogP contribution in [0.1, 0.15) is 35.0 Å². The first-order valence-corrected chi connectivity index (χ1v) is 7.22. The average molecular weight is 279 g/mol. The molecule has 1 saturated carbocycles. The molecule has 0 aromatic carbocycles. The Kier molecular flexibility index (Phi) is 4.37. The third-order valence-corrected chi connectivity index (χ3v) is 4.25. The molecule has 1 fully saturated rings. The van der Waals surface area contributed by atoms with Crippen molar-refractivity contribution in [3.8, 4) is 0 Å². The summed E-state index contributed by atoms with van der Waals surface area (Å²) in [6.07, 6.45) is 5.04. The van der Waals surface area contributed by atoms with Gasteiger partial charge in [-0.3, -0.25) is 4.79 Å². The van der Waals surface area contributed by atoms with Crippen molar-refractivity contribution >= 4 is 29.3 Å². The molecule has 1 atom stereocenters. The second kappa shape index (κ2) is 6.02. The van der Waals surface area contributed by atoms with Crippen LogP contribution in [0.4, 0.5) is 0 Å². The van der Waals surface area contributed by atoms with Crippen molar-refractivity contribution in [1.82, 2.24) is 5.32 Å². The number of hydrogen-bond donors (Lipinski definition) is 2. The zero-order valence-corrected chi connectivity index (χ0v) is 11.6. The van der Waals surface area contributed by atoms with Gasteiger partial charge in [0.05, 0.1) is 4.88 Å². The number of thiophene rings is 1. The zero-order valence-electron chi connectivity index (χ0n) is 10.8. The lowest BCUT2D eigenvalue weighted by Gasteiger charge is -2.11. The van der Waals surface area contributed by atoms with E-state index in [1.807, 2.05) is 0 Å². The van der Waals surface area contributed by atoms with Gasteiger partial charge in [-0.05, 0) is 47.8 Å². The van der Waals surface area contributed by atoms with Crippen LogP contribution in [0.5, 0.6) is 0 Å². The molecule has 0 radical (unpaired) electrons. The summed E-state index contributed by atoms with van der Waals surface area (Å²) in [5.74, 6) is 0.143. The maximum atomic E-state index is 12.0. The lowest BCUT2D eigenvalue weighted by Crippen LogP contribution is -2.28. The van der Waals surface area contributed by atoms with E-state index in [1.165, 1.54) is 30.3 Å². The molecule has 0 aliphatic heterocycles. The lowest BCUT2D eigenvalue weighted by atomic mass is 10.1. The molecular weight excluding hydrogens is 262 g/mol. The third kappa shape index (κ3) is 3.92. The smallest absolute Gasteiger partial charge is 0.328 e. The number of rotatable bonds is 6. The van der Waals surface area contributed by atoms with Crippen molar-refractivity contribution in [3.05, 3.63) is 28.0 Å². The van der Waals surface area contributed by atoms with Gasteiger partial charge in [0.2, 0.25) is 0 Å². The van der Waals surface area contributed by atoms with Crippen LogP contribution < -0.4 is 5.32 Å². The molecule has 19 heavy (non-hydrogen) atoms. The van der Waals surface area contributed by atoms with E-state index in [0.717, 1.165) is 12.0 Å². The van der Waals surface area contributed by atoms with Gasteiger partial charge in [-0.25, -0.2) is 4.79 Å². The van der Waals surface area contributed by atoms with Crippen LogP contribution >= 0.6 is 11.3 Å². The standard InChI is InChI=1S/C14H17NO3S/c1-9(10-2-3-10)8-15-14(18)13-11(6-7-19-13)4-5-12(16)17/h4-7,9-10H,2-3,8H2,1H3,(H,15,18)(H,16,17)/b5-4+. The van der Waals surface area contributed by atoms with E-state index >= 15 is 0 Å². The Morgan fingerprint density at radius 3 is 2.95 bits per heavy atom. The number of carbonyl (C=O) groups excluding carboxylic acids is 1. The van der Waals surface area contributed by atoms with E-state index in [2.05, 4.69) is 12.2 Å². The molecule has 2 rings (SSSR count). The Bertz CT molecular complexity index is 503. The van der Waals surface area contributed by atoms with Crippen molar-refractivity contribution in [2.24, 2.45) is 11.8 Å². The van der Waals surface area contributed by atoms with E-state index < -0.39 is 5.97 Å². The van der Waals surface area contributed by atoms with Gasteiger partial charge in [-0.1, -0.05) is 6.92 Å². The monoisotopic (exact) mass is 279 g/mol. The summed E-state index contributed by atoms with van der Waals surface area (Å²) in [6, 6.07) is 1.75. The van der Waals surface area contributed by atoms with Crippen LogP contribution in [0.15, 0.2) is 17.5 Å². The molecule has 0 spiro atoms. The lowest BCUT2D eigenvalue weighted by molar-refractivity contribution is -0.131. The molecular formula is C14H17NO3S. The van der Waals surface area contributed by atoms with E-state index in [9.17, 15) is 9.59 Å². The topological polar surface area (TPSA) is 66.4 Å².